The predicted molar refractivity (Wildman–Crippen MR) is 90.1 cm³/mol. The molecule has 0 fully saturated rings. The highest BCUT2D eigenvalue weighted by Gasteiger charge is 2.32. The van der Waals surface area contributed by atoms with Crippen LogP contribution in [0, 0.1) is 23.0 Å². The number of hydrogen-bond donors (Lipinski definition) is 2. The van der Waals surface area contributed by atoms with Gasteiger partial charge in [-0.25, -0.2) is 8.78 Å². The Morgan fingerprint density at radius 1 is 1.28 bits per heavy atom. The third-order valence-electron chi connectivity index (χ3n) is 4.13. The molecule has 1 heterocycles. The fourth-order valence-electron chi connectivity index (χ4n) is 2.91. The molecule has 5 nitrogen and oxygen atoms in total. The molecule has 7 heteroatoms. The molecule has 1 aliphatic heterocycles. The summed E-state index contributed by atoms with van der Waals surface area (Å²) in [4.78, 5) is 14.0. The summed E-state index contributed by atoms with van der Waals surface area (Å²) in [5.74, 6) is -2.10. The number of carbonyl (C=O) groups is 1. The van der Waals surface area contributed by atoms with Gasteiger partial charge in [0.2, 0.25) is 0 Å². The number of nitriles is 1. The van der Waals surface area contributed by atoms with Crippen molar-refractivity contribution in [1.82, 2.24) is 4.90 Å². The molecule has 0 atom stereocenters. The van der Waals surface area contributed by atoms with E-state index in [9.17, 15) is 13.6 Å². The SMILES string of the molecule is C=C(C#N)CN1Cc2c(-c3cc(F)c(N)c(F)c3)ccc(N)c2C1=O. The highest BCUT2D eigenvalue weighted by atomic mass is 19.1. The second-order valence-electron chi connectivity index (χ2n) is 5.79. The van der Waals surface area contributed by atoms with E-state index in [-0.39, 0.29) is 41.4 Å². The van der Waals surface area contributed by atoms with Crippen LogP contribution in [0.25, 0.3) is 11.1 Å². The maximum Gasteiger partial charge on any atom is 0.256 e. The van der Waals surface area contributed by atoms with Gasteiger partial charge in [-0.3, -0.25) is 4.79 Å². The Labute approximate surface area is 142 Å². The van der Waals surface area contributed by atoms with Gasteiger partial charge in [0.1, 0.15) is 17.3 Å². The van der Waals surface area contributed by atoms with Gasteiger partial charge in [-0.15, -0.1) is 0 Å². The van der Waals surface area contributed by atoms with Crippen LogP contribution in [0.2, 0.25) is 0 Å². The van der Waals surface area contributed by atoms with Crippen LogP contribution in [-0.4, -0.2) is 17.4 Å². The second-order valence-corrected chi connectivity index (χ2v) is 5.79. The Hall–Kier alpha value is -3.40. The van der Waals surface area contributed by atoms with Crippen LogP contribution in [0.1, 0.15) is 15.9 Å². The summed E-state index contributed by atoms with van der Waals surface area (Å²) < 4.78 is 27.6. The molecule has 2 aromatic rings. The third kappa shape index (κ3) is 2.68. The second kappa shape index (κ2) is 5.91. The van der Waals surface area contributed by atoms with Crippen molar-refractivity contribution in [2.24, 2.45) is 0 Å². The zero-order valence-electron chi connectivity index (χ0n) is 13.1. The van der Waals surface area contributed by atoms with Crippen molar-refractivity contribution in [1.29, 1.82) is 5.26 Å². The summed E-state index contributed by atoms with van der Waals surface area (Å²) in [5, 5.41) is 8.87. The van der Waals surface area contributed by atoms with Crippen molar-refractivity contribution >= 4 is 17.3 Å². The molecule has 0 radical (unpaired) electrons. The summed E-state index contributed by atoms with van der Waals surface area (Å²) in [6.45, 7) is 3.80. The van der Waals surface area contributed by atoms with E-state index in [1.807, 2.05) is 6.07 Å². The van der Waals surface area contributed by atoms with Crippen molar-refractivity contribution < 1.29 is 13.6 Å². The zero-order valence-corrected chi connectivity index (χ0v) is 13.1. The number of nitrogens with two attached hydrogens (primary N) is 2. The minimum atomic E-state index is -0.875. The van der Waals surface area contributed by atoms with Gasteiger partial charge in [0, 0.05) is 17.8 Å². The lowest BCUT2D eigenvalue weighted by Crippen LogP contribution is -2.26. The van der Waals surface area contributed by atoms with Crippen molar-refractivity contribution in [2.75, 3.05) is 18.0 Å². The number of carbonyl (C=O) groups excluding carboxylic acids is 1. The predicted octanol–water partition coefficient (Wildman–Crippen LogP) is 2.83. The molecule has 126 valence electrons. The fraction of sp³-hybridized carbons (Fsp3) is 0.111. The molecule has 4 N–H and O–H groups in total. The highest BCUT2D eigenvalue weighted by Crippen LogP contribution is 2.37. The van der Waals surface area contributed by atoms with E-state index in [4.69, 9.17) is 16.7 Å². The van der Waals surface area contributed by atoms with Crippen LogP contribution in [0.4, 0.5) is 20.2 Å². The van der Waals surface area contributed by atoms with Gasteiger partial charge >= 0.3 is 0 Å². The molecule has 0 unspecified atom stereocenters. The van der Waals surface area contributed by atoms with Gasteiger partial charge in [0.05, 0.1) is 18.2 Å². The van der Waals surface area contributed by atoms with Gasteiger partial charge in [0.15, 0.2) is 0 Å². The first-order valence-corrected chi connectivity index (χ1v) is 7.37. The number of nitrogen functional groups attached to an aromatic ring is 2. The third-order valence-corrected chi connectivity index (χ3v) is 4.13. The monoisotopic (exact) mass is 340 g/mol. The molecule has 2 aromatic carbocycles. The molecule has 25 heavy (non-hydrogen) atoms. The minimum absolute atomic E-state index is 0.0629. The standard InChI is InChI=1S/C18H14F2N4O/c1-9(6-21)7-24-8-12-11(2-3-15(22)16(12)18(24)25)10-4-13(19)17(23)14(20)5-10/h2-5H,1,7-8,22-23H2. The number of fused-ring (bicyclic) bond motifs is 1. The zero-order chi connectivity index (χ0) is 18.3. The first-order valence-electron chi connectivity index (χ1n) is 7.37. The van der Waals surface area contributed by atoms with E-state index in [2.05, 4.69) is 6.58 Å². The molecule has 0 aliphatic carbocycles. The minimum Gasteiger partial charge on any atom is -0.398 e. The van der Waals surface area contributed by atoms with E-state index in [1.165, 1.54) is 11.0 Å². The normalized spacial score (nSPS) is 12.8. The summed E-state index contributed by atoms with van der Waals surface area (Å²) >= 11 is 0. The Kier molecular flexibility index (Phi) is 3.89. The lowest BCUT2D eigenvalue weighted by molar-refractivity contribution is 0.0794. The van der Waals surface area contributed by atoms with Gasteiger partial charge in [-0.2, -0.15) is 5.26 Å². The molecular formula is C18H14F2N4O. The van der Waals surface area contributed by atoms with Gasteiger partial charge < -0.3 is 16.4 Å². The van der Waals surface area contributed by atoms with Gasteiger partial charge in [-0.1, -0.05) is 12.6 Å². The Bertz CT molecular complexity index is 939. The molecule has 3 rings (SSSR count). The van der Waals surface area contributed by atoms with E-state index in [1.54, 1.807) is 6.07 Å². The molecular weight excluding hydrogens is 326 g/mol. The maximum absolute atomic E-state index is 13.8. The average Bonchev–Trinajstić information content (AvgIpc) is 2.90. The molecule has 1 aliphatic rings. The Morgan fingerprint density at radius 2 is 1.92 bits per heavy atom. The molecule has 0 saturated heterocycles. The number of nitrogens with zero attached hydrogens (tertiary/aromatic N) is 2. The number of hydrogen-bond acceptors (Lipinski definition) is 4. The first kappa shape index (κ1) is 16.5. The number of rotatable bonds is 3. The van der Waals surface area contributed by atoms with E-state index >= 15 is 0 Å². The van der Waals surface area contributed by atoms with Crippen LogP contribution < -0.4 is 11.5 Å². The van der Waals surface area contributed by atoms with E-state index in [0.717, 1.165) is 12.1 Å². The van der Waals surface area contributed by atoms with Crippen molar-refractivity contribution in [3.05, 3.63) is 59.2 Å². The van der Waals surface area contributed by atoms with Crippen molar-refractivity contribution in [3.63, 3.8) is 0 Å². The molecule has 0 aromatic heterocycles. The smallest absolute Gasteiger partial charge is 0.256 e. The van der Waals surface area contributed by atoms with Gasteiger partial charge in [-0.05, 0) is 34.9 Å². The first-order chi connectivity index (χ1) is 11.8. The molecule has 0 spiro atoms. The number of anilines is 2. The molecule has 0 saturated carbocycles. The van der Waals surface area contributed by atoms with Crippen molar-refractivity contribution in [3.8, 4) is 17.2 Å². The Balaban J connectivity index is 2.12. The summed E-state index contributed by atoms with van der Waals surface area (Å²) in [6.07, 6.45) is 0. The summed E-state index contributed by atoms with van der Waals surface area (Å²) in [5.41, 5.74) is 12.7. The maximum atomic E-state index is 13.8. The van der Waals surface area contributed by atoms with Crippen LogP contribution in [0.15, 0.2) is 36.4 Å². The van der Waals surface area contributed by atoms with Crippen LogP contribution >= 0.6 is 0 Å². The molecule has 0 bridgehead atoms. The lowest BCUT2D eigenvalue weighted by Gasteiger charge is -2.14. The van der Waals surface area contributed by atoms with Crippen molar-refractivity contribution in [2.45, 2.75) is 6.54 Å². The average molecular weight is 340 g/mol. The van der Waals surface area contributed by atoms with Gasteiger partial charge in [0.25, 0.3) is 5.91 Å². The quantitative estimate of drug-likeness (QED) is 0.663. The largest absolute Gasteiger partial charge is 0.398 e. The Morgan fingerprint density at radius 3 is 2.52 bits per heavy atom. The number of benzene rings is 2. The lowest BCUT2D eigenvalue weighted by atomic mass is 9.95. The number of halogens is 2. The van der Waals surface area contributed by atoms with Crippen LogP contribution in [0.5, 0.6) is 0 Å². The van der Waals surface area contributed by atoms with E-state index < -0.39 is 17.3 Å². The molecule has 1 amide bonds. The van der Waals surface area contributed by atoms with E-state index in [0.29, 0.717) is 11.1 Å². The van der Waals surface area contributed by atoms with Crippen LogP contribution in [0.3, 0.4) is 0 Å². The fourth-order valence-corrected chi connectivity index (χ4v) is 2.91. The van der Waals surface area contributed by atoms with Crippen LogP contribution in [-0.2, 0) is 6.54 Å². The summed E-state index contributed by atoms with van der Waals surface area (Å²) in [7, 11) is 0. The number of amides is 1. The summed E-state index contributed by atoms with van der Waals surface area (Å²) in [6, 6.07) is 7.24. The highest BCUT2D eigenvalue weighted by molar-refractivity contribution is 6.05. The topological polar surface area (TPSA) is 96.1 Å².